The number of methoxy groups -OCH3 is 1. The van der Waals surface area contributed by atoms with Crippen LogP contribution in [0.5, 0.6) is 5.88 Å². The lowest BCUT2D eigenvalue weighted by molar-refractivity contribution is -0.115. The largest absolute Gasteiger partial charge is 0.481 e. The molecule has 0 radical (unpaired) electrons. The van der Waals surface area contributed by atoms with E-state index in [0.29, 0.717) is 32.1 Å². The first kappa shape index (κ1) is 17.3. The fourth-order valence-electron chi connectivity index (χ4n) is 2.12. The monoisotopic (exact) mass is 388 g/mol. The number of aryl methyl sites for hydroxylation is 1. The lowest BCUT2D eigenvalue weighted by atomic mass is 10.1. The Labute approximate surface area is 140 Å². The normalized spacial score (nSPS) is 10.9. The smallest absolute Gasteiger partial charge is 0.333 e. The van der Waals surface area contributed by atoms with E-state index in [-0.39, 0.29) is 18.0 Å². The van der Waals surface area contributed by atoms with Gasteiger partial charge in [0.1, 0.15) is 4.60 Å². The summed E-state index contributed by atoms with van der Waals surface area (Å²) in [5, 5.41) is 6.43. The van der Waals surface area contributed by atoms with E-state index in [1.165, 1.54) is 14.0 Å². The number of alkyl halides is 2. The van der Waals surface area contributed by atoms with E-state index in [0.717, 1.165) is 0 Å². The van der Waals surface area contributed by atoms with Crippen molar-refractivity contribution in [1.29, 1.82) is 0 Å². The first-order valence-electron chi connectivity index (χ1n) is 6.66. The summed E-state index contributed by atoms with van der Waals surface area (Å²) in [5.41, 5.74) is 1.64. The molecule has 9 heteroatoms. The molecule has 0 saturated heterocycles. The third kappa shape index (κ3) is 3.84. The maximum atomic E-state index is 12.8. The molecule has 2 aromatic heterocycles. The van der Waals surface area contributed by atoms with E-state index in [1.807, 2.05) is 0 Å². The lowest BCUT2D eigenvalue weighted by Crippen LogP contribution is -2.16. The summed E-state index contributed by atoms with van der Waals surface area (Å²) in [6, 6.07) is 3.24. The Hall–Kier alpha value is -2.03. The third-order valence-corrected chi connectivity index (χ3v) is 3.91. The van der Waals surface area contributed by atoms with E-state index in [9.17, 15) is 13.6 Å². The molecule has 23 heavy (non-hydrogen) atoms. The molecule has 1 amide bonds. The molecule has 0 spiro atoms. The van der Waals surface area contributed by atoms with Crippen molar-refractivity contribution in [2.24, 2.45) is 0 Å². The number of nitrogens with one attached hydrogen (secondary N) is 1. The van der Waals surface area contributed by atoms with Crippen molar-refractivity contribution in [3.05, 3.63) is 33.7 Å². The van der Waals surface area contributed by atoms with Gasteiger partial charge in [-0.05, 0) is 35.8 Å². The molecular weight excluding hydrogens is 374 g/mol. The number of rotatable bonds is 5. The summed E-state index contributed by atoms with van der Waals surface area (Å²) in [7, 11) is 1.49. The van der Waals surface area contributed by atoms with Gasteiger partial charge in [-0.2, -0.15) is 13.9 Å². The number of amides is 1. The number of carbonyl (C=O) groups is 1. The number of ether oxygens (including phenoxy) is 1. The molecule has 2 aromatic rings. The van der Waals surface area contributed by atoms with Crippen LogP contribution in [0.3, 0.4) is 0 Å². The van der Waals surface area contributed by atoms with E-state index < -0.39 is 6.55 Å². The van der Waals surface area contributed by atoms with Gasteiger partial charge < -0.3 is 10.1 Å². The minimum absolute atomic E-state index is 0.0527. The molecule has 124 valence electrons. The molecule has 0 bridgehead atoms. The van der Waals surface area contributed by atoms with Gasteiger partial charge in [0.2, 0.25) is 11.8 Å². The fraction of sp³-hybridized carbons (Fsp3) is 0.357. The molecule has 0 saturated carbocycles. The third-order valence-electron chi connectivity index (χ3n) is 3.30. The Balaban J connectivity index is 2.14. The molecule has 2 rings (SSSR count). The highest BCUT2D eigenvalue weighted by Gasteiger charge is 2.19. The first-order chi connectivity index (χ1) is 10.8. The van der Waals surface area contributed by atoms with Crippen molar-refractivity contribution in [2.45, 2.75) is 26.8 Å². The quantitative estimate of drug-likeness (QED) is 0.798. The maximum absolute atomic E-state index is 12.8. The van der Waals surface area contributed by atoms with Crippen LogP contribution in [0.2, 0.25) is 0 Å². The van der Waals surface area contributed by atoms with Gasteiger partial charge in [-0.15, -0.1) is 0 Å². The summed E-state index contributed by atoms with van der Waals surface area (Å²) < 4.78 is 31.6. The van der Waals surface area contributed by atoms with Crippen LogP contribution in [-0.4, -0.2) is 27.8 Å². The molecule has 0 aliphatic carbocycles. The second kappa shape index (κ2) is 7.03. The summed E-state index contributed by atoms with van der Waals surface area (Å²) in [6.45, 7) is 0.379. The van der Waals surface area contributed by atoms with Crippen LogP contribution in [0, 0.1) is 13.8 Å². The van der Waals surface area contributed by atoms with Crippen LogP contribution in [0.15, 0.2) is 16.7 Å². The Morgan fingerprint density at radius 2 is 2.13 bits per heavy atom. The predicted molar refractivity (Wildman–Crippen MR) is 83.8 cm³/mol. The summed E-state index contributed by atoms with van der Waals surface area (Å²) in [4.78, 5) is 16.2. The fourth-order valence-corrected chi connectivity index (χ4v) is 2.53. The van der Waals surface area contributed by atoms with Crippen LogP contribution in [0.25, 0.3) is 0 Å². The zero-order valence-electron chi connectivity index (χ0n) is 12.7. The van der Waals surface area contributed by atoms with E-state index in [2.05, 4.69) is 31.3 Å². The Kier molecular flexibility index (Phi) is 5.30. The molecular formula is C14H15BrF2N4O2. The number of hydrogen-bond acceptors (Lipinski definition) is 4. The molecule has 0 unspecified atom stereocenters. The number of halogens is 3. The van der Waals surface area contributed by atoms with Gasteiger partial charge >= 0.3 is 6.55 Å². The minimum Gasteiger partial charge on any atom is -0.481 e. The zero-order chi connectivity index (χ0) is 17.1. The SMILES string of the molecule is COc1ccc(NC(=O)Cc2c(C)nn(C(F)F)c2C)c(Br)n1. The second-order valence-corrected chi connectivity index (χ2v) is 5.54. The van der Waals surface area contributed by atoms with Gasteiger partial charge in [0.25, 0.3) is 0 Å². The topological polar surface area (TPSA) is 69.0 Å². The van der Waals surface area contributed by atoms with Crippen molar-refractivity contribution in [2.75, 3.05) is 12.4 Å². The molecule has 2 heterocycles. The van der Waals surface area contributed by atoms with E-state index in [1.54, 1.807) is 19.1 Å². The summed E-state index contributed by atoms with van der Waals surface area (Å²) in [6.07, 6.45) is -0.0527. The minimum atomic E-state index is -2.73. The average Bonchev–Trinajstić information content (AvgIpc) is 2.77. The van der Waals surface area contributed by atoms with Crippen molar-refractivity contribution in [1.82, 2.24) is 14.8 Å². The van der Waals surface area contributed by atoms with Crippen LogP contribution >= 0.6 is 15.9 Å². The second-order valence-electron chi connectivity index (χ2n) is 4.79. The molecule has 0 aliphatic rings. The highest BCUT2D eigenvalue weighted by atomic mass is 79.9. The standard InChI is InChI=1S/C14H15BrF2N4O2/c1-7-9(8(2)21(20-7)14(16)17)6-11(22)18-10-4-5-12(23-3)19-13(10)15/h4-5,14H,6H2,1-3H3,(H,18,22). The van der Waals surface area contributed by atoms with Crippen molar-refractivity contribution < 1.29 is 18.3 Å². The van der Waals surface area contributed by atoms with Crippen LogP contribution in [0.4, 0.5) is 14.5 Å². The van der Waals surface area contributed by atoms with Crippen LogP contribution in [0.1, 0.15) is 23.5 Å². The van der Waals surface area contributed by atoms with Crippen molar-refractivity contribution >= 4 is 27.5 Å². The first-order valence-corrected chi connectivity index (χ1v) is 7.46. The average molecular weight is 389 g/mol. The molecule has 6 nitrogen and oxygen atoms in total. The Morgan fingerprint density at radius 1 is 1.43 bits per heavy atom. The van der Waals surface area contributed by atoms with Gasteiger partial charge in [-0.1, -0.05) is 0 Å². The van der Waals surface area contributed by atoms with Crippen LogP contribution in [-0.2, 0) is 11.2 Å². The van der Waals surface area contributed by atoms with Crippen molar-refractivity contribution in [3.63, 3.8) is 0 Å². The number of nitrogens with zero attached hydrogens (tertiary/aromatic N) is 3. The molecule has 0 fully saturated rings. The number of anilines is 1. The van der Waals surface area contributed by atoms with Crippen LogP contribution < -0.4 is 10.1 Å². The van der Waals surface area contributed by atoms with E-state index >= 15 is 0 Å². The highest BCUT2D eigenvalue weighted by Crippen LogP contribution is 2.24. The Morgan fingerprint density at radius 3 is 2.65 bits per heavy atom. The maximum Gasteiger partial charge on any atom is 0.333 e. The Bertz CT molecular complexity index is 734. The van der Waals surface area contributed by atoms with Gasteiger partial charge in [-0.25, -0.2) is 9.67 Å². The number of pyridine rings is 1. The number of aromatic nitrogens is 3. The summed E-state index contributed by atoms with van der Waals surface area (Å²) >= 11 is 3.23. The molecule has 0 aromatic carbocycles. The number of carbonyl (C=O) groups excluding carboxylic acids is 1. The number of hydrogen-bond donors (Lipinski definition) is 1. The van der Waals surface area contributed by atoms with Gasteiger partial charge in [0.15, 0.2) is 0 Å². The summed E-state index contributed by atoms with van der Waals surface area (Å²) in [5.74, 6) is 0.0532. The van der Waals surface area contributed by atoms with E-state index in [4.69, 9.17) is 4.74 Å². The van der Waals surface area contributed by atoms with Gasteiger partial charge in [0, 0.05) is 17.3 Å². The molecule has 1 N–H and O–H groups in total. The van der Waals surface area contributed by atoms with Gasteiger partial charge in [-0.3, -0.25) is 4.79 Å². The predicted octanol–water partition coefficient (Wildman–Crippen LogP) is 3.24. The highest BCUT2D eigenvalue weighted by molar-refractivity contribution is 9.10. The van der Waals surface area contributed by atoms with Crippen molar-refractivity contribution in [3.8, 4) is 5.88 Å². The van der Waals surface area contributed by atoms with Gasteiger partial charge in [0.05, 0.1) is 24.9 Å². The molecule has 0 aliphatic heterocycles. The molecule has 0 atom stereocenters. The lowest BCUT2D eigenvalue weighted by Gasteiger charge is -2.08. The zero-order valence-corrected chi connectivity index (χ0v) is 14.3.